The van der Waals surface area contributed by atoms with Gasteiger partial charge in [0.2, 0.25) is 5.91 Å². The smallest absolute Gasteiger partial charge is 0.220 e. The van der Waals surface area contributed by atoms with Crippen molar-refractivity contribution >= 4 is 16.9 Å². The maximum absolute atomic E-state index is 11.5. The van der Waals surface area contributed by atoms with Gasteiger partial charge in [-0.1, -0.05) is 39.3 Å². The Morgan fingerprint density at radius 2 is 2.04 bits per heavy atom. The van der Waals surface area contributed by atoms with Crippen molar-refractivity contribution in [3.8, 4) is 5.75 Å². The molecule has 26 heavy (non-hydrogen) atoms. The monoisotopic (exact) mass is 360 g/mol. The summed E-state index contributed by atoms with van der Waals surface area (Å²) in [7, 11) is 0. The molecular weight excluding hydrogens is 328 g/mol. The fraction of sp³-hybridized carbons (Fsp3) is 0.619. The standard InChI is InChI=1S/C21H32N2O3/c1-6-9-16-18(25-13-8-10-19(24)22-7-2)12-11-15-17(14-21(3,4)5)23-26-20(15)16/h11-12H,6-10,13-14H2,1-5H3,(H,22,24). The van der Waals surface area contributed by atoms with Gasteiger partial charge in [-0.05, 0) is 43.7 Å². The van der Waals surface area contributed by atoms with Crippen LogP contribution in [0.1, 0.15) is 65.1 Å². The lowest BCUT2D eigenvalue weighted by Gasteiger charge is -2.16. The van der Waals surface area contributed by atoms with E-state index in [-0.39, 0.29) is 11.3 Å². The number of benzene rings is 1. The van der Waals surface area contributed by atoms with Gasteiger partial charge >= 0.3 is 0 Å². The number of nitrogens with zero attached hydrogens (tertiary/aromatic N) is 1. The summed E-state index contributed by atoms with van der Waals surface area (Å²) >= 11 is 0. The zero-order valence-corrected chi connectivity index (χ0v) is 16.8. The highest BCUT2D eigenvalue weighted by atomic mass is 16.5. The summed E-state index contributed by atoms with van der Waals surface area (Å²) in [6.07, 6.45) is 3.94. The Morgan fingerprint density at radius 1 is 1.27 bits per heavy atom. The quantitative estimate of drug-likeness (QED) is 0.660. The summed E-state index contributed by atoms with van der Waals surface area (Å²) in [6, 6.07) is 4.06. The van der Waals surface area contributed by atoms with E-state index in [0.717, 1.165) is 47.2 Å². The molecule has 144 valence electrons. The lowest BCUT2D eigenvalue weighted by molar-refractivity contribution is -0.121. The Balaban J connectivity index is 2.14. The first-order valence-electron chi connectivity index (χ1n) is 9.65. The molecule has 0 spiro atoms. The summed E-state index contributed by atoms with van der Waals surface area (Å²) in [5, 5.41) is 8.21. The summed E-state index contributed by atoms with van der Waals surface area (Å²) in [4.78, 5) is 11.5. The normalized spacial score (nSPS) is 11.7. The maximum Gasteiger partial charge on any atom is 0.220 e. The van der Waals surface area contributed by atoms with E-state index in [9.17, 15) is 4.79 Å². The molecule has 5 heteroatoms. The largest absolute Gasteiger partial charge is 0.493 e. The number of hydrogen-bond acceptors (Lipinski definition) is 4. The van der Waals surface area contributed by atoms with Crippen LogP contribution in [-0.4, -0.2) is 24.2 Å². The van der Waals surface area contributed by atoms with Gasteiger partial charge in [0.1, 0.15) is 5.75 Å². The first-order chi connectivity index (χ1) is 12.4. The van der Waals surface area contributed by atoms with Crippen LogP contribution in [0.15, 0.2) is 16.7 Å². The second-order valence-corrected chi connectivity index (χ2v) is 7.94. The second-order valence-electron chi connectivity index (χ2n) is 7.94. The molecule has 1 amide bonds. The minimum absolute atomic E-state index is 0.0717. The molecule has 0 atom stereocenters. The second kappa shape index (κ2) is 9.06. The minimum Gasteiger partial charge on any atom is -0.493 e. The van der Waals surface area contributed by atoms with Crippen LogP contribution in [0.25, 0.3) is 11.0 Å². The molecule has 0 aliphatic carbocycles. The van der Waals surface area contributed by atoms with Gasteiger partial charge in [-0.15, -0.1) is 0 Å². The van der Waals surface area contributed by atoms with Crippen LogP contribution in [0.3, 0.4) is 0 Å². The first kappa shape index (κ1) is 20.3. The number of nitrogens with one attached hydrogen (secondary N) is 1. The zero-order chi connectivity index (χ0) is 19.2. The summed E-state index contributed by atoms with van der Waals surface area (Å²) in [6.45, 7) is 11.9. The van der Waals surface area contributed by atoms with Crippen molar-refractivity contribution < 1.29 is 14.1 Å². The third kappa shape index (κ3) is 5.48. The predicted molar refractivity (Wildman–Crippen MR) is 105 cm³/mol. The van der Waals surface area contributed by atoms with E-state index in [4.69, 9.17) is 9.26 Å². The van der Waals surface area contributed by atoms with Crippen molar-refractivity contribution in [3.63, 3.8) is 0 Å². The molecule has 0 aliphatic rings. The van der Waals surface area contributed by atoms with Gasteiger partial charge in [-0.2, -0.15) is 0 Å². The predicted octanol–water partition coefficient (Wildman–Crippen LogP) is 4.66. The van der Waals surface area contributed by atoms with Crippen LogP contribution < -0.4 is 10.1 Å². The number of rotatable bonds is 9. The number of aromatic nitrogens is 1. The molecule has 0 bridgehead atoms. The molecule has 1 aromatic carbocycles. The van der Waals surface area contributed by atoms with E-state index < -0.39 is 0 Å². The van der Waals surface area contributed by atoms with Crippen LogP contribution >= 0.6 is 0 Å². The van der Waals surface area contributed by atoms with Crippen molar-refractivity contribution in [2.45, 2.75) is 66.7 Å². The van der Waals surface area contributed by atoms with Crippen molar-refractivity contribution in [3.05, 3.63) is 23.4 Å². The summed E-state index contributed by atoms with van der Waals surface area (Å²) < 4.78 is 11.7. The third-order valence-corrected chi connectivity index (χ3v) is 4.15. The number of carbonyl (C=O) groups is 1. The Labute approximate surface area is 156 Å². The molecule has 0 aliphatic heterocycles. The van der Waals surface area contributed by atoms with Gasteiger partial charge in [0.15, 0.2) is 5.58 Å². The Kier molecular flexibility index (Phi) is 7.06. The number of aryl methyl sites for hydroxylation is 1. The van der Waals surface area contributed by atoms with Crippen LogP contribution in [0.4, 0.5) is 0 Å². The topological polar surface area (TPSA) is 64.4 Å². The molecule has 0 saturated carbocycles. The van der Waals surface area contributed by atoms with Crippen LogP contribution in [0.2, 0.25) is 0 Å². The van der Waals surface area contributed by atoms with E-state index >= 15 is 0 Å². The van der Waals surface area contributed by atoms with E-state index in [0.29, 0.717) is 26.0 Å². The molecule has 2 rings (SSSR count). The maximum atomic E-state index is 11.5. The summed E-state index contributed by atoms with van der Waals surface area (Å²) in [5.74, 6) is 0.913. The molecule has 5 nitrogen and oxygen atoms in total. The first-order valence-corrected chi connectivity index (χ1v) is 9.65. The van der Waals surface area contributed by atoms with Gasteiger partial charge < -0.3 is 14.6 Å². The Hall–Kier alpha value is -2.04. The Bertz CT molecular complexity index is 729. The highest BCUT2D eigenvalue weighted by Crippen LogP contribution is 2.33. The molecule has 0 fully saturated rings. The van der Waals surface area contributed by atoms with Gasteiger partial charge in [0, 0.05) is 23.9 Å². The SMILES string of the molecule is CCCc1c(OCCCC(=O)NCC)ccc2c(CC(C)(C)C)noc12. The highest BCUT2D eigenvalue weighted by Gasteiger charge is 2.20. The van der Waals surface area contributed by atoms with Gasteiger partial charge in [0.25, 0.3) is 0 Å². The lowest BCUT2D eigenvalue weighted by atomic mass is 9.89. The molecular formula is C21H32N2O3. The van der Waals surface area contributed by atoms with E-state index in [1.165, 1.54) is 0 Å². The van der Waals surface area contributed by atoms with Gasteiger partial charge in [0.05, 0.1) is 12.3 Å². The zero-order valence-electron chi connectivity index (χ0n) is 16.8. The fourth-order valence-corrected chi connectivity index (χ4v) is 3.04. The molecule has 1 heterocycles. The average Bonchev–Trinajstić information content (AvgIpc) is 2.95. The molecule has 1 aromatic heterocycles. The van der Waals surface area contributed by atoms with Crippen LogP contribution in [0, 0.1) is 5.41 Å². The molecule has 2 aromatic rings. The summed E-state index contributed by atoms with van der Waals surface area (Å²) in [5.41, 5.74) is 3.08. The van der Waals surface area contributed by atoms with E-state index in [1.54, 1.807) is 0 Å². The van der Waals surface area contributed by atoms with Crippen molar-refractivity contribution in [2.24, 2.45) is 5.41 Å². The number of fused-ring (bicyclic) bond motifs is 1. The van der Waals surface area contributed by atoms with Crippen molar-refractivity contribution in [1.29, 1.82) is 0 Å². The number of carbonyl (C=O) groups excluding carboxylic acids is 1. The van der Waals surface area contributed by atoms with E-state index in [2.05, 4.69) is 38.2 Å². The highest BCUT2D eigenvalue weighted by molar-refractivity contribution is 5.84. The van der Waals surface area contributed by atoms with E-state index in [1.807, 2.05) is 19.1 Å². The van der Waals surface area contributed by atoms with Gasteiger partial charge in [-0.3, -0.25) is 4.79 Å². The van der Waals surface area contributed by atoms with Crippen LogP contribution in [0.5, 0.6) is 5.75 Å². The lowest BCUT2D eigenvalue weighted by Crippen LogP contribution is -2.22. The number of hydrogen-bond donors (Lipinski definition) is 1. The average molecular weight is 360 g/mol. The number of amides is 1. The molecule has 0 unspecified atom stereocenters. The third-order valence-electron chi connectivity index (χ3n) is 4.15. The van der Waals surface area contributed by atoms with Crippen molar-refractivity contribution in [1.82, 2.24) is 10.5 Å². The molecule has 0 radical (unpaired) electrons. The molecule has 0 saturated heterocycles. The van der Waals surface area contributed by atoms with Crippen LogP contribution in [-0.2, 0) is 17.6 Å². The minimum atomic E-state index is 0.0717. The molecule has 1 N–H and O–H groups in total. The number of ether oxygens (including phenoxy) is 1. The fourth-order valence-electron chi connectivity index (χ4n) is 3.04. The van der Waals surface area contributed by atoms with Gasteiger partial charge in [-0.25, -0.2) is 0 Å². The van der Waals surface area contributed by atoms with Crippen molar-refractivity contribution in [2.75, 3.05) is 13.2 Å². The Morgan fingerprint density at radius 3 is 2.69 bits per heavy atom.